The average molecular weight is 211 g/mol. The van der Waals surface area contributed by atoms with Crippen LogP contribution in [0.1, 0.15) is 45.4 Å². The van der Waals surface area contributed by atoms with Crippen LogP contribution in [0.3, 0.4) is 0 Å². The minimum absolute atomic E-state index is 0.487. The minimum atomic E-state index is 0.487. The van der Waals surface area contributed by atoms with E-state index >= 15 is 0 Å². The van der Waals surface area contributed by atoms with Gasteiger partial charge < -0.3 is 10.1 Å². The number of likely N-dealkylation sites (N-methyl/N-ethyl adjacent to an activating group) is 1. The molecular weight excluding hydrogens is 186 g/mol. The Morgan fingerprint density at radius 3 is 2.40 bits per heavy atom. The fourth-order valence-corrected chi connectivity index (χ4v) is 2.70. The molecule has 0 heterocycles. The van der Waals surface area contributed by atoms with E-state index in [4.69, 9.17) is 4.74 Å². The lowest BCUT2D eigenvalue weighted by molar-refractivity contribution is 0.0112. The van der Waals surface area contributed by atoms with Crippen LogP contribution in [0.2, 0.25) is 0 Å². The summed E-state index contributed by atoms with van der Waals surface area (Å²) >= 11 is 0. The van der Waals surface area contributed by atoms with Gasteiger partial charge >= 0.3 is 0 Å². The highest BCUT2D eigenvalue weighted by atomic mass is 16.5. The fraction of sp³-hybridized carbons (Fsp3) is 1.00. The molecule has 2 atom stereocenters. The van der Waals surface area contributed by atoms with Crippen molar-refractivity contribution in [3.63, 3.8) is 0 Å². The summed E-state index contributed by atoms with van der Waals surface area (Å²) in [4.78, 5) is 0. The number of hydrogen-bond donors (Lipinski definition) is 1. The zero-order valence-electron chi connectivity index (χ0n) is 10.2. The Hall–Kier alpha value is -0.0800. The van der Waals surface area contributed by atoms with Crippen molar-refractivity contribution in [1.82, 2.24) is 5.32 Å². The van der Waals surface area contributed by atoms with E-state index in [-0.39, 0.29) is 0 Å². The molecule has 0 amide bonds. The SMILES string of the molecule is CCOC(C1CC1)C(CC1CCC1)NC. The Morgan fingerprint density at radius 2 is 2.00 bits per heavy atom. The number of rotatable bonds is 7. The quantitative estimate of drug-likeness (QED) is 0.699. The van der Waals surface area contributed by atoms with E-state index in [0.29, 0.717) is 12.1 Å². The van der Waals surface area contributed by atoms with Crippen LogP contribution in [0.25, 0.3) is 0 Å². The van der Waals surface area contributed by atoms with E-state index in [1.165, 1.54) is 38.5 Å². The molecule has 0 aromatic rings. The van der Waals surface area contributed by atoms with Crippen LogP contribution in [0, 0.1) is 11.8 Å². The van der Waals surface area contributed by atoms with E-state index < -0.39 is 0 Å². The molecule has 2 heteroatoms. The van der Waals surface area contributed by atoms with Crippen LogP contribution in [0.15, 0.2) is 0 Å². The molecule has 1 N–H and O–H groups in total. The van der Waals surface area contributed by atoms with Gasteiger partial charge in [0.1, 0.15) is 0 Å². The Balaban J connectivity index is 1.82. The van der Waals surface area contributed by atoms with Gasteiger partial charge in [-0.1, -0.05) is 19.3 Å². The number of hydrogen-bond acceptors (Lipinski definition) is 2. The average Bonchev–Trinajstić information content (AvgIpc) is 2.97. The zero-order valence-corrected chi connectivity index (χ0v) is 10.2. The van der Waals surface area contributed by atoms with Gasteiger partial charge in [0.2, 0.25) is 0 Å². The van der Waals surface area contributed by atoms with Crippen molar-refractivity contribution in [3.05, 3.63) is 0 Å². The second-order valence-corrected chi connectivity index (χ2v) is 5.19. The molecule has 0 aliphatic heterocycles. The van der Waals surface area contributed by atoms with Gasteiger partial charge in [-0.25, -0.2) is 0 Å². The molecule has 88 valence electrons. The first-order valence-electron chi connectivity index (χ1n) is 6.64. The third-order valence-corrected chi connectivity index (χ3v) is 4.03. The molecule has 15 heavy (non-hydrogen) atoms. The molecule has 2 aliphatic rings. The largest absolute Gasteiger partial charge is 0.377 e. The standard InChI is InChI=1S/C13H25NO/c1-3-15-13(11-7-8-11)12(14-2)9-10-5-4-6-10/h10-14H,3-9H2,1-2H3. The van der Waals surface area contributed by atoms with Crippen LogP contribution in [-0.4, -0.2) is 25.8 Å². The predicted octanol–water partition coefficient (Wildman–Crippen LogP) is 2.58. The Labute approximate surface area is 93.8 Å². The minimum Gasteiger partial charge on any atom is -0.377 e. The summed E-state index contributed by atoms with van der Waals surface area (Å²) in [5, 5.41) is 3.48. The van der Waals surface area contributed by atoms with Crippen LogP contribution in [-0.2, 0) is 4.74 Å². The summed E-state index contributed by atoms with van der Waals surface area (Å²) in [7, 11) is 2.09. The molecule has 0 aromatic heterocycles. The lowest BCUT2D eigenvalue weighted by Gasteiger charge is -2.33. The third-order valence-electron chi connectivity index (χ3n) is 4.03. The smallest absolute Gasteiger partial charge is 0.0755 e. The molecule has 0 radical (unpaired) electrons. The molecule has 2 nitrogen and oxygen atoms in total. The van der Waals surface area contributed by atoms with Crippen LogP contribution >= 0.6 is 0 Å². The predicted molar refractivity (Wildman–Crippen MR) is 62.9 cm³/mol. The van der Waals surface area contributed by atoms with E-state index in [2.05, 4.69) is 19.3 Å². The van der Waals surface area contributed by atoms with Crippen molar-refractivity contribution in [1.29, 1.82) is 0 Å². The summed E-state index contributed by atoms with van der Waals surface area (Å²) in [5.41, 5.74) is 0. The summed E-state index contributed by atoms with van der Waals surface area (Å²) in [6, 6.07) is 0.600. The highest BCUT2D eigenvalue weighted by Crippen LogP contribution is 2.39. The Bertz CT molecular complexity index is 187. The molecule has 2 aliphatic carbocycles. The van der Waals surface area contributed by atoms with Crippen LogP contribution in [0.5, 0.6) is 0 Å². The molecule has 0 bridgehead atoms. The molecule has 2 unspecified atom stereocenters. The first-order valence-corrected chi connectivity index (χ1v) is 6.64. The third kappa shape index (κ3) is 2.94. The van der Waals surface area contributed by atoms with Gasteiger partial charge in [-0.2, -0.15) is 0 Å². The zero-order chi connectivity index (χ0) is 10.7. The summed E-state index contributed by atoms with van der Waals surface area (Å²) in [6.45, 7) is 2.98. The van der Waals surface area contributed by atoms with Gasteiger partial charge in [0, 0.05) is 12.6 Å². The van der Waals surface area contributed by atoms with Crippen molar-refractivity contribution in [2.45, 2.75) is 57.6 Å². The Kier molecular flexibility index (Phi) is 4.04. The summed E-state index contributed by atoms with van der Waals surface area (Å²) in [5.74, 6) is 1.83. The van der Waals surface area contributed by atoms with Crippen molar-refractivity contribution in [2.75, 3.05) is 13.7 Å². The molecule has 2 rings (SSSR count). The van der Waals surface area contributed by atoms with Crippen molar-refractivity contribution in [2.24, 2.45) is 11.8 Å². The van der Waals surface area contributed by atoms with E-state index in [1.807, 2.05) is 0 Å². The lowest BCUT2D eigenvalue weighted by Crippen LogP contribution is -2.43. The Morgan fingerprint density at radius 1 is 1.27 bits per heavy atom. The molecule has 0 saturated heterocycles. The molecular formula is C13H25NO. The maximum atomic E-state index is 5.93. The monoisotopic (exact) mass is 211 g/mol. The van der Waals surface area contributed by atoms with E-state index in [1.54, 1.807) is 0 Å². The topological polar surface area (TPSA) is 21.3 Å². The summed E-state index contributed by atoms with van der Waals surface area (Å²) in [6.07, 6.45) is 8.92. The van der Waals surface area contributed by atoms with Crippen molar-refractivity contribution in [3.8, 4) is 0 Å². The van der Waals surface area contributed by atoms with Gasteiger partial charge in [-0.05, 0) is 45.1 Å². The highest BCUT2D eigenvalue weighted by Gasteiger charge is 2.38. The number of ether oxygens (including phenoxy) is 1. The van der Waals surface area contributed by atoms with E-state index in [9.17, 15) is 0 Å². The molecule has 0 aromatic carbocycles. The van der Waals surface area contributed by atoms with Crippen molar-refractivity contribution >= 4 is 0 Å². The van der Waals surface area contributed by atoms with Gasteiger partial charge in [-0.3, -0.25) is 0 Å². The second kappa shape index (κ2) is 5.31. The lowest BCUT2D eigenvalue weighted by atomic mass is 9.79. The van der Waals surface area contributed by atoms with Crippen LogP contribution < -0.4 is 5.32 Å². The highest BCUT2D eigenvalue weighted by molar-refractivity contribution is 4.91. The first kappa shape index (κ1) is 11.4. The first-order chi connectivity index (χ1) is 7.35. The number of nitrogens with one attached hydrogen (secondary N) is 1. The van der Waals surface area contributed by atoms with Gasteiger partial charge in [0.15, 0.2) is 0 Å². The van der Waals surface area contributed by atoms with Crippen LogP contribution in [0.4, 0.5) is 0 Å². The van der Waals surface area contributed by atoms with E-state index in [0.717, 1.165) is 18.4 Å². The van der Waals surface area contributed by atoms with Gasteiger partial charge in [0.25, 0.3) is 0 Å². The molecule has 2 saturated carbocycles. The second-order valence-electron chi connectivity index (χ2n) is 5.19. The normalized spacial score (nSPS) is 26.0. The molecule has 0 spiro atoms. The van der Waals surface area contributed by atoms with Gasteiger partial charge in [0.05, 0.1) is 6.10 Å². The van der Waals surface area contributed by atoms with Gasteiger partial charge in [-0.15, -0.1) is 0 Å². The summed E-state index contributed by atoms with van der Waals surface area (Å²) < 4.78 is 5.93. The maximum Gasteiger partial charge on any atom is 0.0755 e. The fourth-order valence-electron chi connectivity index (χ4n) is 2.70. The molecule has 2 fully saturated rings. The maximum absolute atomic E-state index is 5.93. The van der Waals surface area contributed by atoms with Crippen molar-refractivity contribution < 1.29 is 4.74 Å².